The van der Waals surface area contributed by atoms with Crippen molar-refractivity contribution in [3.63, 3.8) is 0 Å². The molecule has 0 spiro atoms. The van der Waals surface area contributed by atoms with Crippen molar-refractivity contribution < 1.29 is 0 Å². The summed E-state index contributed by atoms with van der Waals surface area (Å²) >= 11 is 0. The van der Waals surface area contributed by atoms with E-state index < -0.39 is 0 Å². The van der Waals surface area contributed by atoms with Crippen LogP contribution in [0.25, 0.3) is 16.9 Å². The second kappa shape index (κ2) is 4.65. The van der Waals surface area contributed by atoms with E-state index in [-0.39, 0.29) is 0 Å². The predicted octanol–water partition coefficient (Wildman–Crippen LogP) is 4.03. The third-order valence-electron chi connectivity index (χ3n) is 3.28. The average molecular weight is 248 g/mol. The van der Waals surface area contributed by atoms with Crippen LogP contribution in [0.1, 0.15) is 5.69 Å². The summed E-state index contributed by atoms with van der Waals surface area (Å²) in [6, 6.07) is 22.6. The molecule has 0 atom stereocenters. The first-order valence-corrected chi connectivity index (χ1v) is 6.36. The summed E-state index contributed by atoms with van der Waals surface area (Å²) in [4.78, 5) is 0. The molecule has 3 rings (SSSR count). The Morgan fingerprint density at radius 2 is 1.42 bits per heavy atom. The molecule has 2 aromatic carbocycles. The maximum Gasteiger partial charge on any atom is 0.0762 e. The summed E-state index contributed by atoms with van der Waals surface area (Å²) in [5.74, 6) is 0. The van der Waals surface area contributed by atoms with Gasteiger partial charge in [-0.2, -0.15) is 0 Å². The first-order valence-electron chi connectivity index (χ1n) is 6.36. The van der Waals surface area contributed by atoms with Crippen LogP contribution in [0, 0.1) is 6.92 Å². The Balaban J connectivity index is 2.26. The highest BCUT2D eigenvalue weighted by atomic mass is 15.0. The van der Waals surface area contributed by atoms with Crippen LogP contribution < -0.4 is 5.73 Å². The molecule has 1 heterocycles. The minimum Gasteiger partial charge on any atom is -0.397 e. The topological polar surface area (TPSA) is 30.9 Å². The fourth-order valence-corrected chi connectivity index (χ4v) is 2.46. The highest BCUT2D eigenvalue weighted by Crippen LogP contribution is 2.32. The van der Waals surface area contributed by atoms with Crippen molar-refractivity contribution in [3.8, 4) is 16.9 Å². The normalized spacial score (nSPS) is 10.6. The molecule has 3 aromatic rings. The molecule has 0 saturated carbocycles. The third-order valence-corrected chi connectivity index (χ3v) is 3.28. The fraction of sp³-hybridized carbons (Fsp3) is 0.0588. The zero-order valence-electron chi connectivity index (χ0n) is 10.9. The van der Waals surface area contributed by atoms with E-state index >= 15 is 0 Å². The maximum atomic E-state index is 6.19. The molecule has 1 aromatic heterocycles. The molecule has 2 N–H and O–H groups in total. The van der Waals surface area contributed by atoms with Gasteiger partial charge in [-0.15, -0.1) is 0 Å². The molecule has 94 valence electrons. The third kappa shape index (κ3) is 2.02. The average Bonchev–Trinajstić information content (AvgIpc) is 2.75. The number of rotatable bonds is 2. The first kappa shape index (κ1) is 11.6. The van der Waals surface area contributed by atoms with Gasteiger partial charge >= 0.3 is 0 Å². The van der Waals surface area contributed by atoms with Gasteiger partial charge in [-0.25, -0.2) is 0 Å². The van der Waals surface area contributed by atoms with Crippen molar-refractivity contribution in [2.45, 2.75) is 6.92 Å². The highest BCUT2D eigenvalue weighted by Gasteiger charge is 2.13. The Labute approximate surface area is 113 Å². The van der Waals surface area contributed by atoms with Gasteiger partial charge in [-0.1, -0.05) is 48.5 Å². The number of hydrogen-bond donors (Lipinski definition) is 1. The lowest BCUT2D eigenvalue weighted by atomic mass is 10.1. The quantitative estimate of drug-likeness (QED) is 0.729. The second-order valence-corrected chi connectivity index (χ2v) is 4.63. The van der Waals surface area contributed by atoms with Gasteiger partial charge in [0.1, 0.15) is 0 Å². The van der Waals surface area contributed by atoms with Crippen molar-refractivity contribution in [1.29, 1.82) is 0 Å². The molecule has 0 unspecified atom stereocenters. The van der Waals surface area contributed by atoms with Gasteiger partial charge in [-0.3, -0.25) is 0 Å². The van der Waals surface area contributed by atoms with Crippen molar-refractivity contribution in [3.05, 3.63) is 72.4 Å². The molecule has 0 aliphatic heterocycles. The lowest BCUT2D eigenvalue weighted by molar-refractivity contribution is 1.02. The van der Waals surface area contributed by atoms with Gasteiger partial charge in [0.25, 0.3) is 0 Å². The van der Waals surface area contributed by atoms with E-state index in [0.29, 0.717) is 0 Å². The standard InChI is InChI=1S/C17H16N2/c1-13-12-16(18)17(14-8-4-2-5-9-14)19(13)15-10-6-3-7-11-15/h2-12H,18H2,1H3. The number of aryl methyl sites for hydroxylation is 1. The van der Waals surface area contributed by atoms with Gasteiger partial charge in [0, 0.05) is 16.9 Å². The van der Waals surface area contributed by atoms with Crippen LogP contribution in [0.2, 0.25) is 0 Å². The Kier molecular flexibility index (Phi) is 2.84. The molecule has 2 heteroatoms. The van der Waals surface area contributed by atoms with Crippen molar-refractivity contribution in [2.75, 3.05) is 5.73 Å². The maximum absolute atomic E-state index is 6.19. The minimum atomic E-state index is 0.813. The zero-order valence-corrected chi connectivity index (χ0v) is 10.9. The lowest BCUT2D eigenvalue weighted by Gasteiger charge is -2.12. The molecule has 19 heavy (non-hydrogen) atoms. The van der Waals surface area contributed by atoms with E-state index in [1.165, 1.54) is 0 Å². The van der Waals surface area contributed by atoms with Crippen molar-refractivity contribution >= 4 is 5.69 Å². The number of nitrogens with zero attached hydrogens (tertiary/aromatic N) is 1. The van der Waals surface area contributed by atoms with Gasteiger partial charge in [0.05, 0.1) is 11.4 Å². The minimum absolute atomic E-state index is 0.813. The number of nitrogen functional groups attached to an aromatic ring is 1. The van der Waals surface area contributed by atoms with E-state index in [1.807, 2.05) is 42.5 Å². The largest absolute Gasteiger partial charge is 0.397 e. The molecule has 0 aliphatic carbocycles. The summed E-state index contributed by atoms with van der Waals surface area (Å²) in [5.41, 5.74) is 11.5. The highest BCUT2D eigenvalue weighted by molar-refractivity contribution is 5.76. The zero-order chi connectivity index (χ0) is 13.2. The number of para-hydroxylation sites is 1. The lowest BCUT2D eigenvalue weighted by Crippen LogP contribution is -1.99. The molecular weight excluding hydrogens is 232 g/mol. The van der Waals surface area contributed by atoms with Crippen LogP contribution in [-0.2, 0) is 0 Å². The molecule has 0 saturated heterocycles. The summed E-state index contributed by atoms with van der Waals surface area (Å²) in [6.07, 6.45) is 0. The molecule has 0 fully saturated rings. The monoisotopic (exact) mass is 248 g/mol. The van der Waals surface area contributed by atoms with Crippen LogP contribution in [-0.4, -0.2) is 4.57 Å². The Hall–Kier alpha value is -2.48. The van der Waals surface area contributed by atoms with E-state index in [4.69, 9.17) is 5.73 Å². The first-order chi connectivity index (χ1) is 9.27. The molecule has 0 radical (unpaired) electrons. The Morgan fingerprint density at radius 3 is 2.05 bits per heavy atom. The van der Waals surface area contributed by atoms with Gasteiger partial charge in [0.15, 0.2) is 0 Å². The SMILES string of the molecule is Cc1cc(N)c(-c2ccccc2)n1-c1ccccc1. The van der Waals surface area contributed by atoms with E-state index in [0.717, 1.165) is 28.3 Å². The van der Waals surface area contributed by atoms with Crippen molar-refractivity contribution in [2.24, 2.45) is 0 Å². The fourth-order valence-electron chi connectivity index (χ4n) is 2.46. The summed E-state index contributed by atoms with van der Waals surface area (Å²) in [5, 5.41) is 0. The molecule has 0 aliphatic rings. The molecule has 2 nitrogen and oxygen atoms in total. The summed E-state index contributed by atoms with van der Waals surface area (Å²) in [7, 11) is 0. The molecule has 0 amide bonds. The van der Waals surface area contributed by atoms with Crippen LogP contribution in [0.5, 0.6) is 0 Å². The van der Waals surface area contributed by atoms with Gasteiger partial charge in [-0.05, 0) is 25.1 Å². The van der Waals surface area contributed by atoms with Crippen LogP contribution in [0.15, 0.2) is 66.7 Å². The van der Waals surface area contributed by atoms with E-state index in [9.17, 15) is 0 Å². The van der Waals surface area contributed by atoms with Crippen LogP contribution in [0.4, 0.5) is 5.69 Å². The number of aromatic nitrogens is 1. The Bertz CT molecular complexity index is 622. The summed E-state index contributed by atoms with van der Waals surface area (Å²) in [6.45, 7) is 2.08. The molecular formula is C17H16N2. The van der Waals surface area contributed by atoms with Crippen LogP contribution in [0.3, 0.4) is 0 Å². The number of benzene rings is 2. The Morgan fingerprint density at radius 1 is 0.842 bits per heavy atom. The summed E-state index contributed by atoms with van der Waals surface area (Å²) < 4.78 is 2.20. The van der Waals surface area contributed by atoms with E-state index in [1.54, 1.807) is 0 Å². The smallest absolute Gasteiger partial charge is 0.0762 e. The number of hydrogen-bond acceptors (Lipinski definition) is 1. The van der Waals surface area contributed by atoms with Crippen LogP contribution >= 0.6 is 0 Å². The van der Waals surface area contributed by atoms with Gasteiger partial charge in [0.2, 0.25) is 0 Å². The van der Waals surface area contributed by atoms with Gasteiger partial charge < -0.3 is 10.3 Å². The predicted molar refractivity (Wildman–Crippen MR) is 80.4 cm³/mol. The van der Waals surface area contributed by atoms with Crippen molar-refractivity contribution in [1.82, 2.24) is 4.57 Å². The number of nitrogens with two attached hydrogens (primary N) is 1. The number of anilines is 1. The second-order valence-electron chi connectivity index (χ2n) is 4.63. The molecule has 0 bridgehead atoms. The van der Waals surface area contributed by atoms with E-state index in [2.05, 4.69) is 35.8 Å².